The third-order valence-electron chi connectivity index (χ3n) is 6.14. The highest BCUT2D eigenvalue weighted by molar-refractivity contribution is 14.0. The zero-order valence-electron chi connectivity index (χ0n) is 19.7. The van der Waals surface area contributed by atoms with Gasteiger partial charge in [0, 0.05) is 45.7 Å². The van der Waals surface area contributed by atoms with Crippen LogP contribution in [0.15, 0.2) is 29.3 Å². The Morgan fingerprint density at radius 1 is 1.21 bits per heavy atom. The molecule has 2 heterocycles. The van der Waals surface area contributed by atoms with E-state index in [1.165, 1.54) is 5.56 Å². The van der Waals surface area contributed by atoms with Gasteiger partial charge in [0.05, 0.1) is 12.5 Å². The molecule has 9 heteroatoms. The first-order chi connectivity index (χ1) is 15.5. The lowest BCUT2D eigenvalue weighted by molar-refractivity contribution is -0.127. The zero-order chi connectivity index (χ0) is 22.8. The quantitative estimate of drug-likeness (QED) is 0.173. The van der Waals surface area contributed by atoms with Crippen molar-refractivity contribution in [2.45, 2.75) is 52.1 Å². The first kappa shape index (κ1) is 27.4. The molecular formula is C24H39IN6O2. The van der Waals surface area contributed by atoms with E-state index in [0.717, 1.165) is 83.0 Å². The molecule has 1 unspecified atom stereocenters. The summed E-state index contributed by atoms with van der Waals surface area (Å²) in [5.41, 5.74) is 7.90. The molecule has 4 N–H and O–H groups in total. The van der Waals surface area contributed by atoms with E-state index < -0.39 is 0 Å². The van der Waals surface area contributed by atoms with Gasteiger partial charge in [-0.3, -0.25) is 14.5 Å². The number of piperidine rings is 1. The number of rotatable bonds is 10. The van der Waals surface area contributed by atoms with Gasteiger partial charge in [-0.1, -0.05) is 24.3 Å². The van der Waals surface area contributed by atoms with Crippen molar-refractivity contribution in [2.75, 3.05) is 39.3 Å². The highest BCUT2D eigenvalue weighted by Gasteiger charge is 2.23. The average molecular weight is 571 g/mol. The number of hydrogen-bond donors (Lipinski definition) is 3. The second-order valence-corrected chi connectivity index (χ2v) is 8.76. The number of nitrogens with zero attached hydrogens (tertiary/aromatic N) is 3. The van der Waals surface area contributed by atoms with Crippen LogP contribution in [0.2, 0.25) is 0 Å². The van der Waals surface area contributed by atoms with E-state index in [4.69, 9.17) is 10.7 Å². The maximum absolute atomic E-state index is 11.7. The molecule has 0 radical (unpaired) electrons. The molecule has 2 saturated heterocycles. The third kappa shape index (κ3) is 9.11. The van der Waals surface area contributed by atoms with E-state index in [9.17, 15) is 9.59 Å². The van der Waals surface area contributed by atoms with Crippen LogP contribution >= 0.6 is 24.0 Å². The Hall–Kier alpha value is -1.88. The van der Waals surface area contributed by atoms with Crippen LogP contribution in [0.1, 0.15) is 50.2 Å². The molecule has 3 rings (SSSR count). The normalized spacial score (nSPS) is 19.3. The molecule has 2 aliphatic rings. The lowest BCUT2D eigenvalue weighted by atomic mass is 9.97. The largest absolute Gasteiger partial charge is 0.369 e. The smallest absolute Gasteiger partial charge is 0.222 e. The van der Waals surface area contributed by atoms with Crippen molar-refractivity contribution in [3.05, 3.63) is 35.4 Å². The Balaban J connectivity index is 0.00000385. The van der Waals surface area contributed by atoms with Crippen molar-refractivity contribution in [1.82, 2.24) is 20.4 Å². The van der Waals surface area contributed by atoms with Crippen molar-refractivity contribution in [2.24, 2.45) is 16.6 Å². The molecule has 2 amide bonds. The number of carbonyl (C=O) groups excluding carboxylic acids is 2. The molecule has 2 aliphatic heterocycles. The molecule has 184 valence electrons. The lowest BCUT2D eigenvalue weighted by Gasteiger charge is -2.31. The number of amides is 2. The van der Waals surface area contributed by atoms with Crippen molar-refractivity contribution >= 4 is 41.8 Å². The molecule has 0 saturated carbocycles. The van der Waals surface area contributed by atoms with Gasteiger partial charge < -0.3 is 21.3 Å². The van der Waals surface area contributed by atoms with Crippen LogP contribution in [0.25, 0.3) is 0 Å². The van der Waals surface area contributed by atoms with Crippen molar-refractivity contribution in [3.63, 3.8) is 0 Å². The minimum Gasteiger partial charge on any atom is -0.369 e. The van der Waals surface area contributed by atoms with Crippen LogP contribution in [-0.2, 0) is 22.7 Å². The Kier molecular flexibility index (Phi) is 11.9. The fraction of sp³-hybridized carbons (Fsp3) is 0.625. The summed E-state index contributed by atoms with van der Waals surface area (Å²) in [5, 5.41) is 6.67. The van der Waals surface area contributed by atoms with Crippen LogP contribution in [0.5, 0.6) is 0 Å². The van der Waals surface area contributed by atoms with Crippen molar-refractivity contribution in [3.8, 4) is 0 Å². The summed E-state index contributed by atoms with van der Waals surface area (Å²) in [4.78, 5) is 32.2. The summed E-state index contributed by atoms with van der Waals surface area (Å²) in [6.07, 6.45) is 4.50. The predicted molar refractivity (Wildman–Crippen MR) is 142 cm³/mol. The fourth-order valence-corrected chi connectivity index (χ4v) is 4.45. The van der Waals surface area contributed by atoms with E-state index in [0.29, 0.717) is 13.0 Å². The second-order valence-electron chi connectivity index (χ2n) is 8.76. The maximum Gasteiger partial charge on any atom is 0.222 e. The molecule has 1 aromatic carbocycles. The number of primary amides is 1. The van der Waals surface area contributed by atoms with Gasteiger partial charge in [-0.05, 0) is 50.3 Å². The van der Waals surface area contributed by atoms with Gasteiger partial charge in [0.2, 0.25) is 11.8 Å². The highest BCUT2D eigenvalue weighted by Crippen LogP contribution is 2.19. The molecule has 1 aromatic rings. The summed E-state index contributed by atoms with van der Waals surface area (Å²) >= 11 is 0. The second kappa shape index (κ2) is 14.4. The highest BCUT2D eigenvalue weighted by atomic mass is 127. The van der Waals surface area contributed by atoms with E-state index >= 15 is 0 Å². The minimum atomic E-state index is -0.187. The topological polar surface area (TPSA) is 103 Å². The number of benzene rings is 1. The van der Waals surface area contributed by atoms with E-state index in [2.05, 4.69) is 46.7 Å². The molecular weight excluding hydrogens is 531 g/mol. The molecule has 1 atom stereocenters. The Morgan fingerprint density at radius 2 is 2.03 bits per heavy atom. The Morgan fingerprint density at radius 3 is 2.76 bits per heavy atom. The lowest BCUT2D eigenvalue weighted by Crippen LogP contribution is -2.40. The van der Waals surface area contributed by atoms with Gasteiger partial charge in [0.25, 0.3) is 0 Å². The molecule has 0 aliphatic carbocycles. The van der Waals surface area contributed by atoms with Crippen LogP contribution in [0, 0.1) is 5.92 Å². The summed E-state index contributed by atoms with van der Waals surface area (Å²) in [6.45, 7) is 8.51. The number of likely N-dealkylation sites (tertiary alicyclic amines) is 2. The Bertz CT molecular complexity index is 803. The molecule has 0 bridgehead atoms. The number of nitrogens with one attached hydrogen (secondary N) is 2. The van der Waals surface area contributed by atoms with E-state index in [-0.39, 0.29) is 41.7 Å². The van der Waals surface area contributed by atoms with Crippen LogP contribution in [-0.4, -0.2) is 66.8 Å². The number of carbonyl (C=O) groups is 2. The SMILES string of the molecule is CCNC(=NCc1cccc(CN2CCCC(C(N)=O)C2)c1)NCCCN1CCCC1=O.I. The van der Waals surface area contributed by atoms with Gasteiger partial charge in [0.1, 0.15) is 0 Å². The van der Waals surface area contributed by atoms with Crippen LogP contribution in [0.3, 0.4) is 0 Å². The van der Waals surface area contributed by atoms with E-state index in [1.807, 2.05) is 4.90 Å². The first-order valence-corrected chi connectivity index (χ1v) is 11.9. The van der Waals surface area contributed by atoms with E-state index in [1.54, 1.807) is 0 Å². The first-order valence-electron chi connectivity index (χ1n) is 11.9. The Labute approximate surface area is 214 Å². The monoisotopic (exact) mass is 570 g/mol. The minimum absolute atomic E-state index is 0. The standard InChI is InChI=1S/C24H38N6O2.HI/c1-2-26-24(27-11-6-14-30-13-5-10-22(30)31)28-16-19-7-3-8-20(15-19)17-29-12-4-9-21(18-29)23(25)32;/h3,7-8,15,21H,2,4-6,9-14,16-18H2,1H3,(H2,25,32)(H2,26,27,28);1H. The third-order valence-corrected chi connectivity index (χ3v) is 6.14. The van der Waals surface area contributed by atoms with Crippen LogP contribution in [0.4, 0.5) is 0 Å². The number of halogens is 1. The summed E-state index contributed by atoms with van der Waals surface area (Å²) in [6, 6.07) is 8.49. The zero-order valence-corrected chi connectivity index (χ0v) is 22.1. The number of hydrogen-bond acceptors (Lipinski definition) is 4. The maximum atomic E-state index is 11.7. The summed E-state index contributed by atoms with van der Waals surface area (Å²) in [7, 11) is 0. The molecule has 2 fully saturated rings. The average Bonchev–Trinajstić information content (AvgIpc) is 3.20. The molecule has 0 aromatic heterocycles. The fourth-order valence-electron chi connectivity index (χ4n) is 4.45. The molecule has 33 heavy (non-hydrogen) atoms. The molecule has 8 nitrogen and oxygen atoms in total. The predicted octanol–water partition coefficient (Wildman–Crippen LogP) is 2.07. The van der Waals surface area contributed by atoms with Gasteiger partial charge in [-0.25, -0.2) is 4.99 Å². The van der Waals surface area contributed by atoms with Gasteiger partial charge in [-0.2, -0.15) is 0 Å². The summed E-state index contributed by atoms with van der Waals surface area (Å²) < 4.78 is 0. The van der Waals surface area contributed by atoms with Gasteiger partial charge in [0.15, 0.2) is 5.96 Å². The van der Waals surface area contributed by atoms with Crippen molar-refractivity contribution < 1.29 is 9.59 Å². The van der Waals surface area contributed by atoms with Crippen molar-refractivity contribution in [1.29, 1.82) is 0 Å². The number of aliphatic imine (C=N–C) groups is 1. The molecule has 0 spiro atoms. The van der Waals surface area contributed by atoms with Gasteiger partial charge in [-0.15, -0.1) is 24.0 Å². The summed E-state index contributed by atoms with van der Waals surface area (Å²) in [5.74, 6) is 0.855. The van der Waals surface area contributed by atoms with Crippen LogP contribution < -0.4 is 16.4 Å². The van der Waals surface area contributed by atoms with Gasteiger partial charge >= 0.3 is 0 Å². The number of nitrogens with two attached hydrogens (primary N) is 1. The number of guanidine groups is 1.